The third kappa shape index (κ3) is 6.55. The van der Waals surface area contributed by atoms with Crippen LogP contribution in [-0.4, -0.2) is 54.7 Å². The van der Waals surface area contributed by atoms with Crippen molar-refractivity contribution in [3.63, 3.8) is 0 Å². The number of ether oxygens (including phenoxy) is 3. The first kappa shape index (κ1) is 25.1. The van der Waals surface area contributed by atoms with E-state index in [-0.39, 0.29) is 48.9 Å². The van der Waals surface area contributed by atoms with Gasteiger partial charge < -0.3 is 20.1 Å². The largest absolute Gasteiger partial charge is 0.522 e. The molecule has 1 aromatic rings. The Morgan fingerprint density at radius 2 is 1.38 bits per heavy atom. The molecule has 0 atom stereocenters. The lowest BCUT2D eigenvalue weighted by molar-refractivity contribution is -0.357. The van der Waals surface area contributed by atoms with Crippen LogP contribution in [0, 0.1) is 0 Å². The second kappa shape index (κ2) is 9.91. The van der Waals surface area contributed by atoms with Crippen LogP contribution < -0.4 is 15.4 Å². The van der Waals surface area contributed by atoms with E-state index >= 15 is 0 Å². The molecule has 4 aliphatic rings. The third-order valence-corrected chi connectivity index (χ3v) is 7.29. The summed E-state index contributed by atoms with van der Waals surface area (Å²) in [7, 11) is 0. The Hall–Kier alpha value is -2.04. The van der Waals surface area contributed by atoms with Gasteiger partial charge in [-0.1, -0.05) is 11.6 Å². The summed E-state index contributed by atoms with van der Waals surface area (Å²) < 4.78 is 51.4. The summed E-state index contributed by atoms with van der Waals surface area (Å²) >= 11 is 5.85. The number of rotatable bonds is 9. The van der Waals surface area contributed by atoms with Gasteiger partial charge in [0.25, 0.3) is 5.91 Å². The second-order valence-corrected chi connectivity index (χ2v) is 9.93. The number of alkyl halides is 3. The lowest BCUT2D eigenvalue weighted by Gasteiger charge is -2.53. The van der Waals surface area contributed by atoms with Crippen molar-refractivity contribution in [1.82, 2.24) is 10.6 Å². The molecule has 5 rings (SSSR count). The Labute approximate surface area is 200 Å². The molecule has 2 amide bonds. The summed E-state index contributed by atoms with van der Waals surface area (Å²) in [6.07, 6.45) is -1.23. The number of nitrogens with one attached hydrogen (secondary N) is 2. The molecule has 0 aliphatic heterocycles. The molecule has 1 aromatic carbocycles. The van der Waals surface area contributed by atoms with Crippen LogP contribution in [0.5, 0.6) is 5.75 Å². The van der Waals surface area contributed by atoms with Crippen LogP contribution in [0.25, 0.3) is 0 Å². The molecular formula is C23H28ClF3N2O5. The van der Waals surface area contributed by atoms with Gasteiger partial charge >= 0.3 is 6.36 Å². The molecule has 188 valence electrons. The van der Waals surface area contributed by atoms with Crippen molar-refractivity contribution in [1.29, 1.82) is 0 Å². The molecule has 4 aliphatic carbocycles. The summed E-state index contributed by atoms with van der Waals surface area (Å²) in [6, 6.07) is 6.80. The predicted molar refractivity (Wildman–Crippen MR) is 116 cm³/mol. The van der Waals surface area contributed by atoms with E-state index in [0.29, 0.717) is 10.8 Å². The lowest BCUT2D eigenvalue weighted by atomic mass is 9.61. The van der Waals surface area contributed by atoms with Gasteiger partial charge in [-0.2, -0.15) is 0 Å². The minimum atomic E-state index is -4.65. The Balaban J connectivity index is 1.15. The minimum Gasteiger partial charge on any atom is -0.484 e. The Kier molecular flexibility index (Phi) is 7.30. The van der Waals surface area contributed by atoms with Crippen LogP contribution in [-0.2, 0) is 19.1 Å². The van der Waals surface area contributed by atoms with E-state index in [9.17, 15) is 22.8 Å². The van der Waals surface area contributed by atoms with Crippen LogP contribution in [0.15, 0.2) is 24.3 Å². The maximum atomic E-state index is 12.5. The fourth-order valence-corrected chi connectivity index (χ4v) is 5.16. The number of fused-ring (bicyclic) bond motifs is 3. The number of carbonyl (C=O) groups excluding carboxylic acids is 2. The van der Waals surface area contributed by atoms with Gasteiger partial charge in [-0.15, -0.1) is 13.2 Å². The first-order valence-corrected chi connectivity index (χ1v) is 11.8. The SMILES string of the molecule is O=C(COc1ccc(Cl)cc1)NC12CCC(NC(=O)COC3CC(OC(F)(F)F)C3)(CC1)CC2. The molecule has 11 heteroatoms. The minimum absolute atomic E-state index is 0.0847. The highest BCUT2D eigenvalue weighted by molar-refractivity contribution is 6.30. The fourth-order valence-electron chi connectivity index (χ4n) is 5.04. The van der Waals surface area contributed by atoms with Gasteiger partial charge in [0.05, 0.1) is 12.2 Å². The normalized spacial score (nSPS) is 30.4. The van der Waals surface area contributed by atoms with Gasteiger partial charge in [-0.3, -0.25) is 14.3 Å². The summed E-state index contributed by atoms with van der Waals surface area (Å²) in [6.45, 7) is -0.270. The van der Waals surface area contributed by atoms with Crippen LogP contribution in [0.3, 0.4) is 0 Å². The molecule has 0 spiro atoms. The van der Waals surface area contributed by atoms with Crippen molar-refractivity contribution >= 4 is 23.4 Å². The van der Waals surface area contributed by atoms with E-state index in [1.807, 2.05) is 0 Å². The molecule has 0 saturated heterocycles. The van der Waals surface area contributed by atoms with Gasteiger partial charge in [-0.05, 0) is 62.8 Å². The van der Waals surface area contributed by atoms with E-state index in [1.54, 1.807) is 24.3 Å². The first-order valence-electron chi connectivity index (χ1n) is 11.4. The van der Waals surface area contributed by atoms with E-state index < -0.39 is 18.6 Å². The van der Waals surface area contributed by atoms with Crippen molar-refractivity contribution in [2.75, 3.05) is 13.2 Å². The van der Waals surface area contributed by atoms with Gasteiger partial charge in [0.1, 0.15) is 12.4 Å². The topological polar surface area (TPSA) is 85.9 Å². The van der Waals surface area contributed by atoms with Gasteiger partial charge in [-0.25, -0.2) is 0 Å². The van der Waals surface area contributed by atoms with Crippen molar-refractivity contribution in [2.45, 2.75) is 81.0 Å². The Bertz CT molecular complexity index is 865. The van der Waals surface area contributed by atoms with E-state index in [0.717, 1.165) is 38.5 Å². The molecule has 0 heterocycles. The first-order chi connectivity index (χ1) is 16.0. The van der Waals surface area contributed by atoms with Crippen LogP contribution in [0.4, 0.5) is 13.2 Å². The molecule has 7 nitrogen and oxygen atoms in total. The number of carbonyl (C=O) groups is 2. The van der Waals surface area contributed by atoms with Gasteiger partial charge in [0.15, 0.2) is 6.61 Å². The second-order valence-electron chi connectivity index (χ2n) is 9.49. The monoisotopic (exact) mass is 504 g/mol. The van der Waals surface area contributed by atoms with Gasteiger partial charge in [0, 0.05) is 28.9 Å². The standard InChI is InChI=1S/C23H28ClF3N2O5/c24-15-1-3-16(4-2-15)32-13-19(30)28-21-5-8-22(9-6-21,10-7-21)29-20(31)14-33-17-11-18(12-17)34-23(25,26)27/h1-4,17-18H,5-14H2,(H,28,30)(H,29,31). The maximum Gasteiger partial charge on any atom is 0.522 e. The third-order valence-electron chi connectivity index (χ3n) is 7.04. The number of hydrogen-bond donors (Lipinski definition) is 2. The van der Waals surface area contributed by atoms with Crippen molar-refractivity contribution < 1.29 is 37.0 Å². The predicted octanol–water partition coefficient (Wildman–Crippen LogP) is 3.88. The zero-order chi connectivity index (χ0) is 24.4. The number of benzene rings is 1. The van der Waals surface area contributed by atoms with Crippen molar-refractivity contribution in [2.24, 2.45) is 0 Å². The number of hydrogen-bond acceptors (Lipinski definition) is 5. The maximum absolute atomic E-state index is 12.5. The molecule has 0 radical (unpaired) electrons. The summed E-state index contributed by atoms with van der Waals surface area (Å²) in [5.41, 5.74) is -0.614. The molecule has 2 N–H and O–H groups in total. The summed E-state index contributed by atoms with van der Waals surface area (Å²) in [5.74, 6) is 0.115. The molecule has 0 aromatic heterocycles. The average Bonchev–Trinajstić information content (AvgIpc) is 2.75. The smallest absolute Gasteiger partial charge is 0.484 e. The van der Waals surface area contributed by atoms with Crippen molar-refractivity contribution in [3.8, 4) is 5.75 Å². The highest BCUT2D eigenvalue weighted by Gasteiger charge is 2.50. The lowest BCUT2D eigenvalue weighted by Crippen LogP contribution is -2.64. The molecule has 2 bridgehead atoms. The molecule has 0 unspecified atom stereocenters. The zero-order valence-corrected chi connectivity index (χ0v) is 19.3. The zero-order valence-electron chi connectivity index (χ0n) is 18.6. The van der Waals surface area contributed by atoms with Gasteiger partial charge in [0.2, 0.25) is 5.91 Å². The van der Waals surface area contributed by atoms with Crippen LogP contribution in [0.2, 0.25) is 5.02 Å². The molecular weight excluding hydrogens is 477 g/mol. The highest BCUT2D eigenvalue weighted by Crippen LogP contribution is 2.46. The van der Waals surface area contributed by atoms with E-state index in [2.05, 4.69) is 15.4 Å². The summed E-state index contributed by atoms with van der Waals surface area (Å²) in [4.78, 5) is 24.9. The van der Waals surface area contributed by atoms with Crippen LogP contribution in [0.1, 0.15) is 51.4 Å². The number of amides is 2. The molecule has 4 fully saturated rings. The van der Waals surface area contributed by atoms with E-state index in [4.69, 9.17) is 21.1 Å². The molecule has 4 saturated carbocycles. The fraction of sp³-hybridized carbons (Fsp3) is 0.652. The Morgan fingerprint density at radius 3 is 1.88 bits per heavy atom. The Morgan fingerprint density at radius 1 is 0.882 bits per heavy atom. The highest BCUT2D eigenvalue weighted by atomic mass is 35.5. The van der Waals surface area contributed by atoms with Crippen molar-refractivity contribution in [3.05, 3.63) is 29.3 Å². The molecule has 34 heavy (non-hydrogen) atoms. The average molecular weight is 505 g/mol. The van der Waals surface area contributed by atoms with E-state index in [1.165, 1.54) is 0 Å². The summed E-state index contributed by atoms with van der Waals surface area (Å²) in [5, 5.41) is 6.79. The number of halogens is 4. The quantitative estimate of drug-likeness (QED) is 0.533. The van der Waals surface area contributed by atoms with Crippen LogP contribution >= 0.6 is 11.6 Å².